The fraction of sp³-hybridized carbons (Fsp3) is 0.500. The normalized spacial score (nSPS) is 13.4. The predicted molar refractivity (Wildman–Crippen MR) is 69.5 cm³/mol. The van der Waals surface area contributed by atoms with Crippen LogP contribution in [0.2, 0.25) is 0 Å². The lowest BCUT2D eigenvalue weighted by Crippen LogP contribution is -2.46. The van der Waals surface area contributed by atoms with E-state index < -0.39 is 23.7 Å². The van der Waals surface area contributed by atoms with Gasteiger partial charge in [-0.2, -0.15) is 22.0 Å². The van der Waals surface area contributed by atoms with E-state index in [0.717, 1.165) is 14.2 Å². The minimum absolute atomic E-state index is 0. The Morgan fingerprint density at radius 2 is 1.38 bits per heavy atom. The Kier molecular flexibility index (Phi) is 6.25. The van der Waals surface area contributed by atoms with Crippen LogP contribution in [-0.4, -0.2) is 26.3 Å². The van der Waals surface area contributed by atoms with E-state index in [1.165, 1.54) is 12.1 Å². The fourth-order valence-corrected chi connectivity index (χ4v) is 1.73. The van der Waals surface area contributed by atoms with Gasteiger partial charge in [-0.3, -0.25) is 0 Å². The molecular formula is C12H15ClF5NO2. The summed E-state index contributed by atoms with van der Waals surface area (Å²) in [5.41, 5.74) is 5.18. The number of alkyl halides is 5. The molecule has 0 amide bonds. The summed E-state index contributed by atoms with van der Waals surface area (Å²) in [6, 6.07) is -0.0121. The SMILES string of the molecule is COc1cc(C)cc(OC)c1[C@H](N)C(F)(F)C(F)(F)F.Cl. The molecule has 1 aromatic carbocycles. The summed E-state index contributed by atoms with van der Waals surface area (Å²) in [5.74, 6) is -5.47. The molecule has 2 N–H and O–H groups in total. The maximum Gasteiger partial charge on any atom is 0.455 e. The van der Waals surface area contributed by atoms with Gasteiger partial charge >= 0.3 is 12.1 Å². The molecule has 21 heavy (non-hydrogen) atoms. The first-order valence-corrected chi connectivity index (χ1v) is 5.49. The molecule has 0 spiro atoms. The Bertz CT molecular complexity index is 468. The van der Waals surface area contributed by atoms with E-state index in [1.54, 1.807) is 6.92 Å². The Morgan fingerprint density at radius 1 is 1.00 bits per heavy atom. The van der Waals surface area contributed by atoms with Crippen molar-refractivity contribution in [2.75, 3.05) is 14.2 Å². The summed E-state index contributed by atoms with van der Waals surface area (Å²) in [7, 11) is 2.30. The topological polar surface area (TPSA) is 44.5 Å². The zero-order valence-electron chi connectivity index (χ0n) is 11.4. The standard InChI is InChI=1S/C12H14F5NO2.ClH/c1-6-4-7(19-2)9(8(5-6)20-3)10(18)11(13,14)12(15,16)17;/h4-5,10H,18H2,1-3H3;1H/t10-;/m0./s1. The monoisotopic (exact) mass is 335 g/mol. The third-order valence-electron chi connectivity index (χ3n) is 2.77. The highest BCUT2D eigenvalue weighted by Crippen LogP contribution is 2.47. The second kappa shape index (κ2) is 6.65. The number of halogens is 6. The molecule has 3 nitrogen and oxygen atoms in total. The lowest BCUT2D eigenvalue weighted by atomic mass is 9.97. The number of hydrogen-bond donors (Lipinski definition) is 1. The van der Waals surface area contributed by atoms with Crippen LogP contribution >= 0.6 is 12.4 Å². The number of aryl methyl sites for hydroxylation is 1. The molecule has 0 saturated heterocycles. The lowest BCUT2D eigenvalue weighted by Gasteiger charge is -2.28. The molecule has 1 aromatic rings. The summed E-state index contributed by atoms with van der Waals surface area (Å²) < 4.78 is 73.7. The van der Waals surface area contributed by atoms with Crippen molar-refractivity contribution in [3.8, 4) is 11.5 Å². The molecule has 0 aromatic heterocycles. The maximum atomic E-state index is 13.4. The smallest absolute Gasteiger partial charge is 0.455 e. The number of rotatable bonds is 4. The van der Waals surface area contributed by atoms with Crippen molar-refractivity contribution in [1.82, 2.24) is 0 Å². The first kappa shape index (κ1) is 19.7. The molecular weight excluding hydrogens is 321 g/mol. The van der Waals surface area contributed by atoms with Crippen molar-refractivity contribution in [3.05, 3.63) is 23.3 Å². The first-order valence-electron chi connectivity index (χ1n) is 5.49. The molecule has 0 saturated carbocycles. The Labute approximate surface area is 124 Å². The van der Waals surface area contributed by atoms with Crippen molar-refractivity contribution in [2.45, 2.75) is 25.1 Å². The average Bonchev–Trinajstić information content (AvgIpc) is 2.35. The van der Waals surface area contributed by atoms with Gasteiger partial charge in [0.1, 0.15) is 17.5 Å². The minimum Gasteiger partial charge on any atom is -0.496 e. The highest BCUT2D eigenvalue weighted by Gasteiger charge is 2.62. The van der Waals surface area contributed by atoms with Gasteiger partial charge in [-0.1, -0.05) is 0 Å². The van der Waals surface area contributed by atoms with Gasteiger partial charge in [0, 0.05) is 0 Å². The van der Waals surface area contributed by atoms with E-state index >= 15 is 0 Å². The van der Waals surface area contributed by atoms with Gasteiger partial charge in [0.2, 0.25) is 0 Å². The molecule has 1 atom stereocenters. The second-order valence-electron chi connectivity index (χ2n) is 4.18. The van der Waals surface area contributed by atoms with E-state index in [0.29, 0.717) is 5.56 Å². The summed E-state index contributed by atoms with van der Waals surface area (Å²) in [6.45, 7) is 1.61. The van der Waals surface area contributed by atoms with Crippen LogP contribution in [0, 0.1) is 6.92 Å². The van der Waals surface area contributed by atoms with Gasteiger partial charge in [0.25, 0.3) is 0 Å². The van der Waals surface area contributed by atoms with Crippen LogP contribution in [0.15, 0.2) is 12.1 Å². The van der Waals surface area contributed by atoms with E-state index in [2.05, 4.69) is 0 Å². The second-order valence-corrected chi connectivity index (χ2v) is 4.18. The number of nitrogens with two attached hydrogens (primary N) is 1. The van der Waals surface area contributed by atoms with Crippen LogP contribution in [0.3, 0.4) is 0 Å². The number of methoxy groups -OCH3 is 2. The summed E-state index contributed by atoms with van der Waals surface area (Å²) >= 11 is 0. The largest absolute Gasteiger partial charge is 0.496 e. The zero-order chi connectivity index (χ0) is 15.7. The van der Waals surface area contributed by atoms with Gasteiger partial charge in [0.15, 0.2) is 0 Å². The lowest BCUT2D eigenvalue weighted by molar-refractivity contribution is -0.291. The number of ether oxygens (including phenoxy) is 2. The maximum absolute atomic E-state index is 13.4. The van der Waals surface area contributed by atoms with E-state index in [1.807, 2.05) is 0 Å². The van der Waals surface area contributed by atoms with Gasteiger partial charge in [-0.25, -0.2) is 0 Å². The molecule has 0 unspecified atom stereocenters. The molecule has 0 heterocycles. The van der Waals surface area contributed by atoms with Crippen LogP contribution in [0.1, 0.15) is 17.2 Å². The third-order valence-corrected chi connectivity index (χ3v) is 2.77. The number of hydrogen-bond acceptors (Lipinski definition) is 3. The highest BCUT2D eigenvalue weighted by molar-refractivity contribution is 5.85. The van der Waals surface area contributed by atoms with E-state index in [9.17, 15) is 22.0 Å². The number of benzene rings is 1. The zero-order valence-corrected chi connectivity index (χ0v) is 12.2. The molecule has 0 aliphatic rings. The molecule has 1 rings (SSSR count). The van der Waals surface area contributed by atoms with E-state index in [-0.39, 0.29) is 23.9 Å². The van der Waals surface area contributed by atoms with Crippen LogP contribution < -0.4 is 15.2 Å². The predicted octanol–water partition coefficient (Wildman–Crippen LogP) is 3.63. The van der Waals surface area contributed by atoms with Crippen molar-refractivity contribution < 1.29 is 31.4 Å². The third kappa shape index (κ3) is 3.68. The van der Waals surface area contributed by atoms with Crippen molar-refractivity contribution in [3.63, 3.8) is 0 Å². The Hall–Kier alpha value is -1.28. The van der Waals surface area contributed by atoms with Crippen LogP contribution in [-0.2, 0) is 0 Å². The van der Waals surface area contributed by atoms with Gasteiger partial charge in [-0.15, -0.1) is 12.4 Å². The summed E-state index contributed by atoms with van der Waals surface area (Å²) in [6.07, 6.45) is -5.77. The summed E-state index contributed by atoms with van der Waals surface area (Å²) in [4.78, 5) is 0. The quantitative estimate of drug-likeness (QED) is 0.855. The van der Waals surface area contributed by atoms with Crippen LogP contribution in [0.5, 0.6) is 11.5 Å². The molecule has 0 aliphatic heterocycles. The van der Waals surface area contributed by atoms with Gasteiger partial charge in [-0.05, 0) is 24.6 Å². The Balaban J connectivity index is 0.00000400. The molecule has 9 heteroatoms. The van der Waals surface area contributed by atoms with E-state index in [4.69, 9.17) is 15.2 Å². The minimum atomic E-state index is -5.77. The average molecular weight is 336 g/mol. The summed E-state index contributed by atoms with van der Waals surface area (Å²) in [5, 5.41) is 0. The van der Waals surface area contributed by atoms with Crippen molar-refractivity contribution >= 4 is 12.4 Å². The fourth-order valence-electron chi connectivity index (χ4n) is 1.73. The van der Waals surface area contributed by atoms with Crippen LogP contribution in [0.25, 0.3) is 0 Å². The molecule has 122 valence electrons. The van der Waals surface area contributed by atoms with Gasteiger partial charge < -0.3 is 15.2 Å². The molecule has 0 fully saturated rings. The molecule has 0 aliphatic carbocycles. The van der Waals surface area contributed by atoms with Crippen LogP contribution in [0.4, 0.5) is 22.0 Å². The first-order chi connectivity index (χ1) is 9.06. The Morgan fingerprint density at radius 3 is 1.67 bits per heavy atom. The van der Waals surface area contributed by atoms with Crippen molar-refractivity contribution in [2.24, 2.45) is 5.73 Å². The van der Waals surface area contributed by atoms with Crippen molar-refractivity contribution in [1.29, 1.82) is 0 Å². The molecule has 0 radical (unpaired) electrons. The van der Waals surface area contributed by atoms with Gasteiger partial charge in [0.05, 0.1) is 19.8 Å². The molecule has 0 bridgehead atoms. The highest BCUT2D eigenvalue weighted by atomic mass is 35.5.